The normalized spacial score (nSPS) is 11.6. The molecule has 0 saturated carbocycles. The summed E-state index contributed by atoms with van der Waals surface area (Å²) in [5.41, 5.74) is -1.13. The summed E-state index contributed by atoms with van der Waals surface area (Å²) in [6.45, 7) is 1.19. The van der Waals surface area contributed by atoms with Gasteiger partial charge in [0, 0.05) is 6.07 Å². The third-order valence-corrected chi connectivity index (χ3v) is 2.00. The van der Waals surface area contributed by atoms with Gasteiger partial charge in [-0.05, 0) is 13.0 Å². The predicted octanol–water partition coefficient (Wildman–Crippen LogP) is 1.35. The fourth-order valence-corrected chi connectivity index (χ4v) is 1.10. The van der Waals surface area contributed by atoms with E-state index in [-0.39, 0.29) is 5.75 Å². The fourth-order valence-electron chi connectivity index (χ4n) is 1.10. The van der Waals surface area contributed by atoms with Gasteiger partial charge in [-0.3, -0.25) is 20.2 Å². The molecule has 18 heavy (non-hydrogen) atoms. The molecule has 0 bridgehead atoms. The molecule has 9 heteroatoms. The summed E-state index contributed by atoms with van der Waals surface area (Å²) >= 11 is 0. The molecular formula is C9H8N2O7. The quantitative estimate of drug-likeness (QED) is 0.620. The monoisotopic (exact) mass is 256 g/mol. The number of nitro groups is 2. The fraction of sp³-hybridized carbons (Fsp3) is 0.222. The number of aliphatic carboxylic acids is 1. The van der Waals surface area contributed by atoms with Gasteiger partial charge in [-0.1, -0.05) is 0 Å². The first kappa shape index (κ1) is 13.4. The molecule has 0 amide bonds. The number of ether oxygens (including phenoxy) is 1. The molecule has 1 rings (SSSR count). The number of nitro benzene ring substituents is 2. The number of hydrogen-bond donors (Lipinski definition) is 1. The maximum absolute atomic E-state index is 10.7. The highest BCUT2D eigenvalue weighted by Gasteiger charge is 2.23. The second-order valence-corrected chi connectivity index (χ2v) is 3.26. The number of non-ortho nitro benzene ring substituents is 1. The van der Waals surface area contributed by atoms with E-state index in [1.807, 2.05) is 0 Å². The molecule has 1 aromatic rings. The molecule has 0 fully saturated rings. The van der Waals surface area contributed by atoms with Gasteiger partial charge in [-0.2, -0.15) is 0 Å². The Bertz CT molecular complexity index is 514. The van der Waals surface area contributed by atoms with Crippen LogP contribution in [0.4, 0.5) is 11.4 Å². The van der Waals surface area contributed by atoms with Crippen molar-refractivity contribution in [3.63, 3.8) is 0 Å². The zero-order chi connectivity index (χ0) is 13.9. The van der Waals surface area contributed by atoms with Crippen molar-refractivity contribution in [2.24, 2.45) is 0 Å². The van der Waals surface area contributed by atoms with Gasteiger partial charge in [0.2, 0.25) is 0 Å². The van der Waals surface area contributed by atoms with Gasteiger partial charge in [0.1, 0.15) is 0 Å². The van der Waals surface area contributed by atoms with E-state index in [2.05, 4.69) is 0 Å². The van der Waals surface area contributed by atoms with Crippen molar-refractivity contribution in [1.82, 2.24) is 0 Å². The lowest BCUT2D eigenvalue weighted by Crippen LogP contribution is -2.23. The standard InChI is InChI=1S/C9H8N2O7/c1-5(9(12)13)18-8-3-2-6(10(14)15)4-7(8)11(16)17/h2-5H,1H3,(H,12,13). The van der Waals surface area contributed by atoms with Crippen LogP contribution >= 0.6 is 0 Å². The first-order chi connectivity index (χ1) is 8.32. The third-order valence-electron chi connectivity index (χ3n) is 2.00. The van der Waals surface area contributed by atoms with Crippen molar-refractivity contribution in [3.05, 3.63) is 38.4 Å². The van der Waals surface area contributed by atoms with Gasteiger partial charge in [0.15, 0.2) is 11.9 Å². The van der Waals surface area contributed by atoms with Crippen LogP contribution in [0.25, 0.3) is 0 Å². The summed E-state index contributed by atoms with van der Waals surface area (Å²) in [6.07, 6.45) is -1.30. The Morgan fingerprint density at radius 3 is 2.39 bits per heavy atom. The third kappa shape index (κ3) is 2.90. The van der Waals surface area contributed by atoms with Crippen molar-refractivity contribution in [2.45, 2.75) is 13.0 Å². The van der Waals surface area contributed by atoms with E-state index >= 15 is 0 Å². The number of carboxylic acid groups (broad SMARTS) is 1. The number of carbonyl (C=O) groups is 1. The van der Waals surface area contributed by atoms with Gasteiger partial charge < -0.3 is 9.84 Å². The van der Waals surface area contributed by atoms with Crippen LogP contribution in [0.15, 0.2) is 18.2 Å². The molecule has 96 valence electrons. The smallest absolute Gasteiger partial charge is 0.344 e. The second kappa shape index (κ2) is 5.08. The highest BCUT2D eigenvalue weighted by atomic mass is 16.6. The van der Waals surface area contributed by atoms with Crippen LogP contribution < -0.4 is 4.74 Å². The van der Waals surface area contributed by atoms with Gasteiger partial charge >= 0.3 is 11.7 Å². The van der Waals surface area contributed by atoms with E-state index < -0.39 is 33.3 Å². The first-order valence-electron chi connectivity index (χ1n) is 4.65. The summed E-state index contributed by atoms with van der Waals surface area (Å²) in [5.74, 6) is -1.64. The van der Waals surface area contributed by atoms with Crippen molar-refractivity contribution < 1.29 is 24.5 Å². The van der Waals surface area contributed by atoms with E-state index in [0.29, 0.717) is 6.07 Å². The molecule has 1 unspecified atom stereocenters. The molecular weight excluding hydrogens is 248 g/mol. The molecule has 0 spiro atoms. The van der Waals surface area contributed by atoms with Crippen LogP contribution in [0, 0.1) is 20.2 Å². The number of carboxylic acids is 1. The number of nitrogens with zero attached hydrogens (tertiary/aromatic N) is 2. The minimum absolute atomic E-state index is 0.333. The van der Waals surface area contributed by atoms with Crippen LogP contribution in [0.2, 0.25) is 0 Å². The average Bonchev–Trinajstić information content (AvgIpc) is 2.28. The van der Waals surface area contributed by atoms with E-state index in [0.717, 1.165) is 12.1 Å². The molecule has 1 atom stereocenters. The average molecular weight is 256 g/mol. The van der Waals surface area contributed by atoms with Gasteiger partial charge in [0.05, 0.1) is 15.9 Å². The van der Waals surface area contributed by atoms with E-state index in [4.69, 9.17) is 9.84 Å². The van der Waals surface area contributed by atoms with Crippen molar-refractivity contribution >= 4 is 17.3 Å². The first-order valence-corrected chi connectivity index (χ1v) is 4.65. The Kier molecular flexibility index (Phi) is 3.77. The summed E-state index contributed by atoms with van der Waals surface area (Å²) in [5, 5.41) is 29.8. The maximum Gasteiger partial charge on any atom is 0.344 e. The molecule has 0 aliphatic carbocycles. The highest BCUT2D eigenvalue weighted by molar-refractivity contribution is 5.72. The molecule has 0 heterocycles. The van der Waals surface area contributed by atoms with Crippen molar-refractivity contribution in [2.75, 3.05) is 0 Å². The van der Waals surface area contributed by atoms with Crippen molar-refractivity contribution in [3.8, 4) is 5.75 Å². The summed E-state index contributed by atoms with van der Waals surface area (Å²) < 4.78 is 4.84. The Labute approximate surface area is 99.9 Å². The minimum Gasteiger partial charge on any atom is -0.479 e. The zero-order valence-electron chi connectivity index (χ0n) is 9.10. The molecule has 0 aliphatic heterocycles. The molecule has 0 aromatic heterocycles. The number of benzene rings is 1. The Morgan fingerprint density at radius 2 is 1.94 bits per heavy atom. The second-order valence-electron chi connectivity index (χ2n) is 3.26. The van der Waals surface area contributed by atoms with Crippen LogP contribution in [-0.4, -0.2) is 27.0 Å². The Balaban J connectivity index is 3.16. The Hall–Kier alpha value is -2.71. The number of rotatable bonds is 5. The molecule has 1 aromatic carbocycles. The van der Waals surface area contributed by atoms with Gasteiger partial charge in [-0.25, -0.2) is 4.79 Å². The molecule has 9 nitrogen and oxygen atoms in total. The molecule has 1 N–H and O–H groups in total. The maximum atomic E-state index is 10.7. The van der Waals surface area contributed by atoms with Crippen LogP contribution in [0.5, 0.6) is 5.75 Å². The lowest BCUT2D eigenvalue weighted by Gasteiger charge is -2.09. The zero-order valence-corrected chi connectivity index (χ0v) is 9.10. The SMILES string of the molecule is CC(Oc1ccc([N+](=O)[O-])cc1[N+](=O)[O-])C(=O)O. The predicted molar refractivity (Wildman–Crippen MR) is 57.5 cm³/mol. The molecule has 0 aliphatic rings. The van der Waals surface area contributed by atoms with Crippen LogP contribution in [-0.2, 0) is 4.79 Å². The summed E-state index contributed by atoms with van der Waals surface area (Å²) in [4.78, 5) is 30.1. The largest absolute Gasteiger partial charge is 0.479 e. The van der Waals surface area contributed by atoms with E-state index in [1.165, 1.54) is 6.92 Å². The molecule has 0 saturated heterocycles. The minimum atomic E-state index is -1.30. The van der Waals surface area contributed by atoms with Gasteiger partial charge in [-0.15, -0.1) is 0 Å². The van der Waals surface area contributed by atoms with E-state index in [9.17, 15) is 25.0 Å². The topological polar surface area (TPSA) is 133 Å². The van der Waals surface area contributed by atoms with Crippen LogP contribution in [0.3, 0.4) is 0 Å². The molecule has 0 radical (unpaired) electrons. The van der Waals surface area contributed by atoms with Crippen LogP contribution in [0.1, 0.15) is 6.92 Å². The summed E-state index contributed by atoms with van der Waals surface area (Å²) in [7, 11) is 0. The highest BCUT2D eigenvalue weighted by Crippen LogP contribution is 2.31. The van der Waals surface area contributed by atoms with E-state index in [1.54, 1.807) is 0 Å². The Morgan fingerprint density at radius 1 is 1.33 bits per heavy atom. The summed E-state index contributed by atoms with van der Waals surface area (Å²) in [6, 6.07) is 2.70. The number of hydrogen-bond acceptors (Lipinski definition) is 6. The van der Waals surface area contributed by atoms with Crippen molar-refractivity contribution in [1.29, 1.82) is 0 Å². The lowest BCUT2D eigenvalue weighted by atomic mass is 10.2. The van der Waals surface area contributed by atoms with Gasteiger partial charge in [0.25, 0.3) is 5.69 Å². The lowest BCUT2D eigenvalue weighted by molar-refractivity contribution is -0.394.